The molecule has 0 spiro atoms. The molecular weight excluding hydrogens is 336 g/mol. The van der Waals surface area contributed by atoms with Crippen molar-refractivity contribution in [2.45, 2.75) is 19.6 Å². The Labute approximate surface area is 149 Å². The van der Waals surface area contributed by atoms with Gasteiger partial charge in [0.05, 0.1) is 11.6 Å². The lowest BCUT2D eigenvalue weighted by molar-refractivity contribution is -0.140. The highest BCUT2D eigenvalue weighted by Crippen LogP contribution is 2.33. The lowest BCUT2D eigenvalue weighted by Crippen LogP contribution is -2.45. The molecule has 0 saturated heterocycles. The van der Waals surface area contributed by atoms with Crippen LogP contribution in [-0.4, -0.2) is 22.2 Å². The van der Waals surface area contributed by atoms with Gasteiger partial charge in [0.25, 0.3) is 0 Å². The third-order valence-electron chi connectivity index (χ3n) is 4.03. The molecule has 3 rings (SSSR count). The number of esters is 1. The number of urea groups is 1. The number of phenols is 2. The second-order valence-electron chi connectivity index (χ2n) is 5.88. The Bertz CT molecular complexity index is 877. The number of phenolic OH excluding ortho intramolecular Hbond substituents is 2. The molecule has 0 aromatic heterocycles. The van der Waals surface area contributed by atoms with Crippen LogP contribution in [0.1, 0.15) is 24.1 Å². The highest BCUT2D eigenvalue weighted by atomic mass is 16.5. The van der Waals surface area contributed by atoms with Crippen molar-refractivity contribution in [2.24, 2.45) is 0 Å². The Morgan fingerprint density at radius 1 is 1.12 bits per heavy atom. The van der Waals surface area contributed by atoms with Crippen LogP contribution in [0.4, 0.5) is 4.79 Å². The molecule has 1 atom stereocenters. The Balaban J connectivity index is 1.87. The number of ether oxygens (including phenoxy) is 1. The van der Waals surface area contributed by atoms with Gasteiger partial charge in [0.15, 0.2) is 11.5 Å². The summed E-state index contributed by atoms with van der Waals surface area (Å²) in [6.45, 7) is 1.70. The number of carbonyl (C=O) groups excluding carboxylic acids is 2. The number of nitrogens with one attached hydrogen (secondary N) is 2. The topological polar surface area (TPSA) is 108 Å². The van der Waals surface area contributed by atoms with E-state index in [2.05, 4.69) is 10.6 Å². The molecule has 0 bridgehead atoms. The van der Waals surface area contributed by atoms with Crippen LogP contribution >= 0.6 is 0 Å². The van der Waals surface area contributed by atoms with Crippen molar-refractivity contribution < 1.29 is 24.5 Å². The van der Waals surface area contributed by atoms with Gasteiger partial charge < -0.3 is 25.6 Å². The summed E-state index contributed by atoms with van der Waals surface area (Å²) in [4.78, 5) is 24.5. The molecule has 0 radical (unpaired) electrons. The number of hydrogen-bond acceptors (Lipinski definition) is 5. The highest BCUT2D eigenvalue weighted by molar-refractivity contribution is 5.95. The molecule has 2 aromatic rings. The number of rotatable bonds is 4. The summed E-state index contributed by atoms with van der Waals surface area (Å²) >= 11 is 0. The van der Waals surface area contributed by atoms with Crippen LogP contribution < -0.4 is 10.6 Å². The van der Waals surface area contributed by atoms with Crippen LogP contribution in [0.3, 0.4) is 0 Å². The molecule has 0 saturated carbocycles. The standard InChI is InChI=1S/C19H18N2O5/c1-11-16(18(24)26-10-12-5-3-2-4-6-12)17(21-19(25)20-11)13-7-8-14(22)15(23)9-13/h2-9,17,22-23H,10H2,1H3,(H2,20,21,25)/t17-/m1/s1. The van der Waals surface area contributed by atoms with Crippen molar-refractivity contribution in [2.75, 3.05) is 0 Å². The predicted octanol–water partition coefficient (Wildman–Crippen LogP) is 2.47. The third-order valence-corrected chi connectivity index (χ3v) is 4.03. The Hall–Kier alpha value is -3.48. The average molecular weight is 354 g/mol. The molecule has 7 heteroatoms. The normalized spacial score (nSPS) is 16.7. The van der Waals surface area contributed by atoms with Crippen molar-refractivity contribution >= 4 is 12.0 Å². The maximum atomic E-state index is 12.6. The van der Waals surface area contributed by atoms with E-state index in [1.807, 2.05) is 30.3 Å². The number of carbonyl (C=O) groups is 2. The lowest BCUT2D eigenvalue weighted by atomic mass is 9.95. The summed E-state index contributed by atoms with van der Waals surface area (Å²) in [7, 11) is 0. The molecule has 26 heavy (non-hydrogen) atoms. The van der Waals surface area contributed by atoms with Crippen molar-refractivity contribution in [3.8, 4) is 11.5 Å². The summed E-state index contributed by atoms with van der Waals surface area (Å²) in [6, 6.07) is 12.1. The first kappa shape index (κ1) is 17.3. The second-order valence-corrected chi connectivity index (χ2v) is 5.88. The fourth-order valence-corrected chi connectivity index (χ4v) is 2.74. The molecule has 1 aliphatic heterocycles. The van der Waals surface area contributed by atoms with Crippen molar-refractivity contribution in [1.82, 2.24) is 10.6 Å². The zero-order valence-electron chi connectivity index (χ0n) is 14.0. The van der Waals surface area contributed by atoms with Crippen LogP contribution in [0.25, 0.3) is 0 Å². The Kier molecular flexibility index (Phi) is 4.79. The zero-order chi connectivity index (χ0) is 18.7. The molecule has 1 aliphatic rings. The van der Waals surface area contributed by atoms with Gasteiger partial charge in [0.2, 0.25) is 0 Å². The van der Waals surface area contributed by atoms with Crippen molar-refractivity contribution in [1.29, 1.82) is 0 Å². The van der Waals surface area contributed by atoms with E-state index in [-0.39, 0.29) is 23.7 Å². The minimum Gasteiger partial charge on any atom is -0.504 e. The van der Waals surface area contributed by atoms with Crippen molar-refractivity contribution in [3.05, 3.63) is 70.9 Å². The molecule has 0 aliphatic carbocycles. The van der Waals surface area contributed by atoms with Gasteiger partial charge in [0.1, 0.15) is 6.61 Å². The molecule has 2 aromatic carbocycles. The van der Waals surface area contributed by atoms with Crippen LogP contribution in [0, 0.1) is 0 Å². The molecule has 0 fully saturated rings. The van der Waals surface area contributed by atoms with Gasteiger partial charge in [-0.1, -0.05) is 36.4 Å². The van der Waals surface area contributed by atoms with Gasteiger partial charge in [-0.25, -0.2) is 9.59 Å². The largest absolute Gasteiger partial charge is 0.504 e. The van der Waals surface area contributed by atoms with Gasteiger partial charge >= 0.3 is 12.0 Å². The Morgan fingerprint density at radius 2 is 1.85 bits per heavy atom. The highest BCUT2D eigenvalue weighted by Gasteiger charge is 2.32. The summed E-state index contributed by atoms with van der Waals surface area (Å²) in [5.41, 5.74) is 1.88. The van der Waals surface area contributed by atoms with E-state index in [9.17, 15) is 19.8 Å². The molecule has 134 valence electrons. The minimum atomic E-state index is -0.807. The van der Waals surface area contributed by atoms with Gasteiger partial charge in [-0.3, -0.25) is 0 Å². The van der Waals surface area contributed by atoms with Crippen LogP contribution in [0.2, 0.25) is 0 Å². The monoisotopic (exact) mass is 354 g/mol. The molecule has 4 N–H and O–H groups in total. The summed E-state index contributed by atoms with van der Waals surface area (Å²) in [5, 5.41) is 24.4. The number of benzene rings is 2. The summed E-state index contributed by atoms with van der Waals surface area (Å²) < 4.78 is 5.38. The maximum Gasteiger partial charge on any atom is 0.338 e. The number of aromatic hydroxyl groups is 2. The smallest absolute Gasteiger partial charge is 0.338 e. The van der Waals surface area contributed by atoms with Gasteiger partial charge in [-0.2, -0.15) is 0 Å². The van der Waals surface area contributed by atoms with E-state index in [0.29, 0.717) is 11.3 Å². The predicted molar refractivity (Wildman–Crippen MR) is 93.1 cm³/mol. The van der Waals surface area contributed by atoms with Crippen molar-refractivity contribution in [3.63, 3.8) is 0 Å². The molecule has 0 unspecified atom stereocenters. The molecule has 2 amide bonds. The van der Waals surface area contributed by atoms with Gasteiger partial charge in [-0.15, -0.1) is 0 Å². The van der Waals surface area contributed by atoms with Crippen LogP contribution in [0.5, 0.6) is 11.5 Å². The summed E-state index contributed by atoms with van der Waals surface area (Å²) in [6.07, 6.45) is 0. The van der Waals surface area contributed by atoms with E-state index in [4.69, 9.17) is 4.74 Å². The Morgan fingerprint density at radius 3 is 2.54 bits per heavy atom. The van der Waals surface area contributed by atoms with Gasteiger partial charge in [0, 0.05) is 5.70 Å². The number of hydrogen-bond donors (Lipinski definition) is 4. The first-order valence-corrected chi connectivity index (χ1v) is 7.97. The summed E-state index contributed by atoms with van der Waals surface area (Å²) in [5.74, 6) is -1.22. The second kappa shape index (κ2) is 7.18. The number of allylic oxidation sites excluding steroid dienone is 1. The maximum absolute atomic E-state index is 12.6. The third kappa shape index (κ3) is 3.61. The first-order chi connectivity index (χ1) is 12.5. The van der Waals surface area contributed by atoms with Crippen LogP contribution in [-0.2, 0) is 16.1 Å². The quantitative estimate of drug-likeness (QED) is 0.498. The van der Waals surface area contributed by atoms with E-state index in [1.165, 1.54) is 18.2 Å². The van der Waals surface area contributed by atoms with E-state index < -0.39 is 18.0 Å². The molecular formula is C19H18N2O5. The fraction of sp³-hybridized carbons (Fsp3) is 0.158. The van der Waals surface area contributed by atoms with E-state index in [1.54, 1.807) is 6.92 Å². The fourth-order valence-electron chi connectivity index (χ4n) is 2.74. The van der Waals surface area contributed by atoms with E-state index >= 15 is 0 Å². The molecule has 1 heterocycles. The first-order valence-electron chi connectivity index (χ1n) is 7.97. The van der Waals surface area contributed by atoms with Crippen LogP contribution in [0.15, 0.2) is 59.8 Å². The van der Waals surface area contributed by atoms with Gasteiger partial charge in [-0.05, 0) is 30.2 Å². The SMILES string of the molecule is CC1=C(C(=O)OCc2ccccc2)[C@@H](c2ccc(O)c(O)c2)NC(=O)N1. The average Bonchev–Trinajstić information content (AvgIpc) is 2.62. The zero-order valence-corrected chi connectivity index (χ0v) is 14.0. The number of amides is 2. The van der Waals surface area contributed by atoms with E-state index in [0.717, 1.165) is 5.56 Å². The lowest BCUT2D eigenvalue weighted by Gasteiger charge is -2.28. The minimum absolute atomic E-state index is 0.0952. The molecule has 7 nitrogen and oxygen atoms in total.